The molecular weight excluding hydrogens is 383 g/mol. The third-order valence-corrected chi connectivity index (χ3v) is 4.37. The maximum Gasteiger partial charge on any atom is 0.326 e. The van der Waals surface area contributed by atoms with Gasteiger partial charge in [-0.2, -0.15) is 4.98 Å². The number of benzene rings is 1. The van der Waals surface area contributed by atoms with E-state index in [1.54, 1.807) is 17.0 Å². The van der Waals surface area contributed by atoms with Crippen LogP contribution in [0.3, 0.4) is 0 Å². The van der Waals surface area contributed by atoms with Gasteiger partial charge in [0.15, 0.2) is 0 Å². The van der Waals surface area contributed by atoms with Gasteiger partial charge in [-0.15, -0.1) is 0 Å². The Morgan fingerprint density at radius 1 is 1.34 bits per heavy atom. The molecule has 1 aliphatic rings. The van der Waals surface area contributed by atoms with Crippen LogP contribution in [0.15, 0.2) is 35.3 Å². The molecule has 0 saturated carbocycles. The zero-order chi connectivity index (χ0) is 20.8. The molecule has 2 aromatic rings. The predicted octanol–water partition coefficient (Wildman–Crippen LogP) is 0.822. The lowest BCUT2D eigenvalue weighted by atomic mass is 10.2. The Balaban J connectivity index is 1.61. The van der Waals surface area contributed by atoms with Gasteiger partial charge in [-0.05, 0) is 18.6 Å². The Labute approximate surface area is 165 Å². The largest absolute Gasteiger partial charge is 0.461 e. The van der Waals surface area contributed by atoms with Crippen molar-refractivity contribution in [2.75, 3.05) is 30.6 Å². The summed E-state index contributed by atoms with van der Waals surface area (Å²) in [5, 5.41) is 4.84. The van der Waals surface area contributed by atoms with Crippen LogP contribution in [-0.2, 0) is 11.2 Å². The second kappa shape index (κ2) is 9.15. The van der Waals surface area contributed by atoms with Crippen molar-refractivity contribution in [3.63, 3.8) is 0 Å². The Morgan fingerprint density at radius 2 is 2.14 bits per heavy atom. The number of anilines is 2. The van der Waals surface area contributed by atoms with Crippen molar-refractivity contribution in [3.8, 4) is 5.75 Å². The number of aromatic nitrogens is 2. The van der Waals surface area contributed by atoms with Gasteiger partial charge < -0.3 is 25.7 Å². The highest BCUT2D eigenvalue weighted by Crippen LogP contribution is 2.23. The molecule has 29 heavy (non-hydrogen) atoms. The second-order valence-corrected chi connectivity index (χ2v) is 6.47. The number of carbonyl (C=O) groups excluding carboxylic acids is 2. The van der Waals surface area contributed by atoms with Gasteiger partial charge in [0.25, 0.3) is 5.56 Å². The average Bonchev–Trinajstić information content (AvgIpc) is 3.12. The number of halogens is 1. The van der Waals surface area contributed by atoms with Gasteiger partial charge in [0, 0.05) is 30.9 Å². The number of urea groups is 1. The van der Waals surface area contributed by atoms with Crippen molar-refractivity contribution in [3.05, 3.63) is 46.4 Å². The van der Waals surface area contributed by atoms with E-state index in [4.69, 9.17) is 10.5 Å². The first-order chi connectivity index (χ1) is 14.0. The molecule has 1 fully saturated rings. The molecule has 11 heteroatoms. The van der Waals surface area contributed by atoms with E-state index in [1.807, 2.05) is 0 Å². The fourth-order valence-electron chi connectivity index (χ4n) is 2.92. The van der Waals surface area contributed by atoms with Crippen molar-refractivity contribution >= 4 is 23.6 Å². The Bertz CT molecular complexity index is 950. The van der Waals surface area contributed by atoms with Crippen molar-refractivity contribution in [2.45, 2.75) is 18.9 Å². The van der Waals surface area contributed by atoms with Crippen molar-refractivity contribution in [2.24, 2.45) is 5.73 Å². The SMILES string of the molecule is N[C@@H]1CCN(C(=O)Cc2c[nH]c(NC(=O)Nc3ccccc3OCF)nc2=O)C1. The summed E-state index contributed by atoms with van der Waals surface area (Å²) in [6.45, 7) is -0.00492. The van der Waals surface area contributed by atoms with Crippen molar-refractivity contribution in [1.82, 2.24) is 14.9 Å². The first-order valence-corrected chi connectivity index (χ1v) is 8.94. The molecule has 1 aromatic carbocycles. The van der Waals surface area contributed by atoms with Crippen molar-refractivity contribution in [1.29, 1.82) is 0 Å². The molecule has 154 valence electrons. The molecule has 0 spiro atoms. The van der Waals surface area contributed by atoms with E-state index in [0.29, 0.717) is 13.1 Å². The maximum atomic E-state index is 12.4. The minimum atomic E-state index is -1.04. The molecule has 0 radical (unpaired) electrons. The number of ether oxygens (including phenoxy) is 1. The zero-order valence-corrected chi connectivity index (χ0v) is 15.5. The number of nitrogens with two attached hydrogens (primary N) is 1. The van der Waals surface area contributed by atoms with Gasteiger partial charge in [-0.1, -0.05) is 12.1 Å². The van der Waals surface area contributed by atoms with Gasteiger partial charge in [-0.3, -0.25) is 14.9 Å². The number of alkyl halides is 1. The molecule has 2 heterocycles. The highest BCUT2D eigenvalue weighted by molar-refractivity contribution is 5.99. The molecular formula is C18H21FN6O4. The van der Waals surface area contributed by atoms with Crippen LogP contribution < -0.4 is 26.7 Å². The highest BCUT2D eigenvalue weighted by atomic mass is 19.1. The minimum Gasteiger partial charge on any atom is -0.461 e. The van der Waals surface area contributed by atoms with Crippen molar-refractivity contribution < 1.29 is 18.7 Å². The van der Waals surface area contributed by atoms with E-state index in [9.17, 15) is 18.8 Å². The summed E-state index contributed by atoms with van der Waals surface area (Å²) < 4.78 is 17.2. The van der Waals surface area contributed by atoms with Crippen LogP contribution in [0.4, 0.5) is 20.8 Å². The third-order valence-electron chi connectivity index (χ3n) is 4.37. The normalized spacial score (nSPS) is 15.8. The Kier molecular flexibility index (Phi) is 6.39. The molecule has 1 saturated heterocycles. The van der Waals surface area contributed by atoms with E-state index in [1.165, 1.54) is 18.3 Å². The smallest absolute Gasteiger partial charge is 0.326 e. The van der Waals surface area contributed by atoms with E-state index in [2.05, 4.69) is 20.6 Å². The third kappa shape index (κ3) is 5.29. The summed E-state index contributed by atoms with van der Waals surface area (Å²) in [7, 11) is 0. The summed E-state index contributed by atoms with van der Waals surface area (Å²) in [6, 6.07) is 5.54. The molecule has 10 nitrogen and oxygen atoms in total. The van der Waals surface area contributed by atoms with Gasteiger partial charge >= 0.3 is 6.03 Å². The predicted molar refractivity (Wildman–Crippen MR) is 103 cm³/mol. The molecule has 0 unspecified atom stereocenters. The number of nitrogens with zero attached hydrogens (tertiary/aromatic N) is 2. The van der Waals surface area contributed by atoms with Gasteiger partial charge in [0.05, 0.1) is 12.1 Å². The molecule has 1 aliphatic heterocycles. The van der Waals surface area contributed by atoms with E-state index >= 15 is 0 Å². The first-order valence-electron chi connectivity index (χ1n) is 8.94. The van der Waals surface area contributed by atoms with E-state index in [-0.39, 0.29) is 41.3 Å². The summed E-state index contributed by atoms with van der Waals surface area (Å²) in [6.07, 6.45) is 1.96. The number of nitrogens with one attached hydrogen (secondary N) is 3. The minimum absolute atomic E-state index is 0.0408. The monoisotopic (exact) mass is 404 g/mol. The van der Waals surface area contributed by atoms with Crippen LogP contribution in [0, 0.1) is 0 Å². The second-order valence-electron chi connectivity index (χ2n) is 6.47. The lowest BCUT2D eigenvalue weighted by Crippen LogP contribution is -2.34. The van der Waals surface area contributed by atoms with E-state index in [0.717, 1.165) is 6.42 Å². The number of carbonyl (C=O) groups is 2. The summed E-state index contributed by atoms with van der Waals surface area (Å²) in [5.74, 6) is -0.147. The topological polar surface area (TPSA) is 142 Å². The fraction of sp³-hybridized carbons (Fsp3) is 0.333. The Morgan fingerprint density at radius 3 is 2.83 bits per heavy atom. The Hall–Kier alpha value is -3.47. The highest BCUT2D eigenvalue weighted by Gasteiger charge is 2.24. The van der Waals surface area contributed by atoms with Crippen LogP contribution in [0.5, 0.6) is 5.75 Å². The number of H-pyrrole nitrogens is 1. The van der Waals surface area contributed by atoms with Crippen LogP contribution in [0.1, 0.15) is 12.0 Å². The maximum absolute atomic E-state index is 12.4. The number of amides is 3. The summed E-state index contributed by atoms with van der Waals surface area (Å²) in [4.78, 5) is 44.5. The number of likely N-dealkylation sites (tertiary alicyclic amines) is 1. The molecule has 1 aromatic heterocycles. The molecule has 3 rings (SSSR count). The number of hydrogen-bond donors (Lipinski definition) is 4. The average molecular weight is 404 g/mol. The molecule has 5 N–H and O–H groups in total. The molecule has 3 amide bonds. The van der Waals surface area contributed by atoms with Crippen LogP contribution in [0.2, 0.25) is 0 Å². The fourth-order valence-corrected chi connectivity index (χ4v) is 2.92. The quantitative estimate of drug-likeness (QED) is 0.561. The number of hydrogen-bond acceptors (Lipinski definition) is 6. The standard InChI is InChI=1S/C18H21FN6O4/c19-10-29-14-4-2-1-3-13(14)22-18(28)24-17-21-8-11(16(27)23-17)7-15(26)25-6-5-12(20)9-25/h1-4,8,12H,5-7,9-10,20H2,(H3,21,22,23,24,27,28)/t12-/m1/s1. The number of para-hydroxylation sites is 2. The number of aromatic amines is 1. The lowest BCUT2D eigenvalue weighted by Gasteiger charge is -2.15. The lowest BCUT2D eigenvalue weighted by molar-refractivity contribution is -0.129. The van der Waals surface area contributed by atoms with E-state index < -0.39 is 18.5 Å². The van der Waals surface area contributed by atoms with Crippen LogP contribution in [0.25, 0.3) is 0 Å². The summed E-state index contributed by atoms with van der Waals surface area (Å²) >= 11 is 0. The number of rotatable bonds is 6. The molecule has 0 bridgehead atoms. The molecule has 1 atom stereocenters. The van der Waals surface area contributed by atoms with Crippen LogP contribution >= 0.6 is 0 Å². The van der Waals surface area contributed by atoms with Gasteiger partial charge in [-0.25, -0.2) is 9.18 Å². The zero-order valence-electron chi connectivity index (χ0n) is 15.5. The van der Waals surface area contributed by atoms with Gasteiger partial charge in [0.2, 0.25) is 18.7 Å². The summed E-state index contributed by atoms with van der Waals surface area (Å²) in [5.41, 5.74) is 5.59. The van der Waals surface area contributed by atoms with Gasteiger partial charge in [0.1, 0.15) is 5.75 Å². The first kappa shape index (κ1) is 20.3. The van der Waals surface area contributed by atoms with Crippen LogP contribution in [-0.4, -0.2) is 52.8 Å². The molecule has 0 aliphatic carbocycles.